The Hall–Kier alpha value is -1.70. The Labute approximate surface area is 201 Å². The van der Waals surface area contributed by atoms with Crippen LogP contribution in [0.2, 0.25) is 5.02 Å². The predicted molar refractivity (Wildman–Crippen MR) is 124 cm³/mol. The molecular weight excluding hydrogens is 548 g/mol. The second-order valence-electron chi connectivity index (χ2n) is 8.35. The number of imide groups is 1. The van der Waals surface area contributed by atoms with E-state index in [-0.39, 0.29) is 51.7 Å². The number of hydrogen-bond acceptors (Lipinski definition) is 3. The molecule has 0 spiro atoms. The molecule has 5 nitrogen and oxygen atoms in total. The van der Waals surface area contributed by atoms with Gasteiger partial charge in [-0.3, -0.25) is 14.4 Å². The Balaban J connectivity index is 1.52. The fraction of sp³-hybridized carbons (Fsp3) is 0.348. The van der Waals surface area contributed by atoms with E-state index in [9.17, 15) is 14.4 Å². The van der Waals surface area contributed by atoms with E-state index in [2.05, 4.69) is 31.9 Å². The van der Waals surface area contributed by atoms with E-state index in [0.717, 1.165) is 17.0 Å². The summed E-state index contributed by atoms with van der Waals surface area (Å²) in [6, 6.07) is 15.9. The molecule has 1 heterocycles. The maximum Gasteiger partial charge on any atom is 0.273 e. The summed E-state index contributed by atoms with van der Waals surface area (Å²) in [4.78, 5) is 40.8. The second-order valence-corrected chi connectivity index (χ2v) is 10.9. The van der Waals surface area contributed by atoms with Crippen LogP contribution in [0, 0.1) is 23.7 Å². The van der Waals surface area contributed by atoms with Crippen molar-refractivity contribution in [3.8, 4) is 0 Å². The Morgan fingerprint density at radius 1 is 0.935 bits per heavy atom. The highest BCUT2D eigenvalue weighted by Gasteiger charge is 2.67. The van der Waals surface area contributed by atoms with Crippen molar-refractivity contribution in [2.24, 2.45) is 23.7 Å². The number of hydrogen-bond donors (Lipinski definition) is 0. The third-order valence-corrected chi connectivity index (χ3v) is 10.2. The van der Waals surface area contributed by atoms with Crippen LogP contribution in [0.4, 0.5) is 0 Å². The van der Waals surface area contributed by atoms with Gasteiger partial charge in [0.1, 0.15) is 0 Å². The monoisotopic (exact) mass is 564 g/mol. The number of nitrogens with zero attached hydrogens (tertiary/aromatic N) is 2. The zero-order valence-corrected chi connectivity index (χ0v) is 20.3. The van der Waals surface area contributed by atoms with Crippen molar-refractivity contribution in [2.75, 3.05) is 0 Å². The lowest BCUT2D eigenvalue weighted by Gasteiger charge is -2.31. The van der Waals surface area contributed by atoms with Crippen LogP contribution < -0.4 is 0 Å². The van der Waals surface area contributed by atoms with Gasteiger partial charge in [0.05, 0.1) is 18.4 Å². The van der Waals surface area contributed by atoms with E-state index in [1.54, 1.807) is 24.3 Å². The SMILES string of the molecule is O=C(c1ccc(Cl)cc1)N(Cc1ccccc1)N1C(=O)[C@@H]2[C@H]3C[C@@H]([C@@H](Br)[C@H]3Br)[C@H]2C1=O. The molecule has 0 unspecified atom stereocenters. The molecule has 0 aromatic heterocycles. The number of hydrazine groups is 1. The van der Waals surface area contributed by atoms with Crippen molar-refractivity contribution >= 4 is 61.2 Å². The number of rotatable bonds is 4. The minimum absolute atomic E-state index is 0.0880. The van der Waals surface area contributed by atoms with Crippen molar-refractivity contribution in [1.82, 2.24) is 10.0 Å². The van der Waals surface area contributed by atoms with E-state index in [1.807, 2.05) is 30.3 Å². The molecule has 2 aromatic rings. The van der Waals surface area contributed by atoms with Crippen molar-refractivity contribution in [3.05, 3.63) is 70.7 Å². The summed E-state index contributed by atoms with van der Waals surface area (Å²) in [5, 5.41) is 2.92. The van der Waals surface area contributed by atoms with Gasteiger partial charge in [-0.25, -0.2) is 5.01 Å². The highest BCUT2D eigenvalue weighted by molar-refractivity contribution is 9.12. The van der Waals surface area contributed by atoms with E-state index in [1.165, 1.54) is 5.01 Å². The second kappa shape index (κ2) is 8.01. The number of amides is 3. The number of halogens is 3. The Morgan fingerprint density at radius 3 is 2.03 bits per heavy atom. The third kappa shape index (κ3) is 3.36. The molecular formula is C23H19Br2ClN2O3. The quantitative estimate of drug-likeness (QED) is 0.399. The highest BCUT2D eigenvalue weighted by atomic mass is 79.9. The summed E-state index contributed by atoms with van der Waals surface area (Å²) >= 11 is 13.4. The molecule has 2 aliphatic carbocycles. The third-order valence-electron chi connectivity index (χ3n) is 6.71. The topological polar surface area (TPSA) is 57.7 Å². The van der Waals surface area contributed by atoms with Gasteiger partial charge in [-0.15, -0.1) is 0 Å². The van der Waals surface area contributed by atoms with Crippen LogP contribution in [0.1, 0.15) is 22.3 Å². The summed E-state index contributed by atoms with van der Waals surface area (Å²) in [6.45, 7) is 0.129. The predicted octanol–water partition coefficient (Wildman–Crippen LogP) is 4.68. The summed E-state index contributed by atoms with van der Waals surface area (Å²) < 4.78 is 0. The van der Waals surface area contributed by atoms with Crippen LogP contribution in [-0.4, -0.2) is 37.4 Å². The molecule has 0 radical (unpaired) electrons. The number of benzene rings is 2. The van der Waals surface area contributed by atoms with Gasteiger partial charge < -0.3 is 0 Å². The maximum absolute atomic E-state index is 13.5. The van der Waals surface area contributed by atoms with Gasteiger partial charge >= 0.3 is 0 Å². The lowest BCUT2D eigenvalue weighted by atomic mass is 9.81. The fourth-order valence-corrected chi connectivity index (χ4v) is 7.30. The molecule has 0 N–H and O–H groups in total. The average Bonchev–Trinajstić information content (AvgIpc) is 3.38. The van der Waals surface area contributed by atoms with Gasteiger partial charge in [0.2, 0.25) is 0 Å². The van der Waals surface area contributed by atoms with Crippen LogP contribution in [0.15, 0.2) is 54.6 Å². The zero-order valence-electron chi connectivity index (χ0n) is 16.3. The summed E-state index contributed by atoms with van der Waals surface area (Å²) in [7, 11) is 0. The van der Waals surface area contributed by atoms with E-state index < -0.39 is 5.91 Å². The van der Waals surface area contributed by atoms with Crippen molar-refractivity contribution < 1.29 is 14.4 Å². The highest BCUT2D eigenvalue weighted by Crippen LogP contribution is 2.60. The number of alkyl halides is 2. The van der Waals surface area contributed by atoms with Crippen LogP contribution >= 0.6 is 43.5 Å². The maximum atomic E-state index is 13.5. The summed E-state index contributed by atoms with van der Waals surface area (Å²) in [6.07, 6.45) is 0.844. The Morgan fingerprint density at radius 2 is 1.48 bits per heavy atom. The van der Waals surface area contributed by atoms with E-state index >= 15 is 0 Å². The zero-order chi connectivity index (χ0) is 21.9. The van der Waals surface area contributed by atoms with Gasteiger partial charge in [-0.1, -0.05) is 73.8 Å². The first-order valence-electron chi connectivity index (χ1n) is 10.2. The minimum atomic E-state index is -0.402. The van der Waals surface area contributed by atoms with Crippen molar-refractivity contribution in [3.63, 3.8) is 0 Å². The van der Waals surface area contributed by atoms with Gasteiger partial charge in [0, 0.05) is 20.2 Å². The Bertz CT molecular complexity index is 1020. The van der Waals surface area contributed by atoms with Crippen LogP contribution in [0.25, 0.3) is 0 Å². The van der Waals surface area contributed by atoms with Gasteiger partial charge in [0.25, 0.3) is 17.7 Å². The molecule has 1 aliphatic heterocycles. The normalized spacial score (nSPS) is 31.3. The first kappa shape index (κ1) is 21.2. The van der Waals surface area contributed by atoms with Crippen LogP contribution in [-0.2, 0) is 16.1 Å². The standard InChI is InChI=1S/C23H19Br2ClN2O3/c24-19-15-10-16(20(19)25)18-17(15)22(30)28(23(18)31)27(11-12-4-2-1-3-5-12)21(29)13-6-8-14(26)9-7-13/h1-9,15-20H,10-11H2/t15-,16-,17-,18-,19-,20+/m1/s1. The molecule has 6 atom stereocenters. The van der Waals surface area contributed by atoms with Crippen LogP contribution in [0.3, 0.4) is 0 Å². The lowest BCUT2D eigenvalue weighted by Crippen LogP contribution is -2.50. The molecule has 2 saturated carbocycles. The number of fused-ring (bicyclic) bond motifs is 5. The lowest BCUT2D eigenvalue weighted by molar-refractivity contribution is -0.156. The smallest absolute Gasteiger partial charge is 0.272 e. The Kier molecular flexibility index (Phi) is 5.47. The minimum Gasteiger partial charge on any atom is -0.272 e. The molecule has 3 fully saturated rings. The summed E-state index contributed by atoms with van der Waals surface area (Å²) in [5.41, 5.74) is 1.21. The van der Waals surface area contributed by atoms with Crippen molar-refractivity contribution in [2.45, 2.75) is 22.6 Å². The van der Waals surface area contributed by atoms with E-state index in [4.69, 9.17) is 11.6 Å². The van der Waals surface area contributed by atoms with Gasteiger partial charge in [-0.2, -0.15) is 5.01 Å². The van der Waals surface area contributed by atoms with Gasteiger partial charge in [0.15, 0.2) is 0 Å². The first-order chi connectivity index (χ1) is 14.9. The molecule has 3 amide bonds. The molecule has 3 aliphatic rings. The first-order valence-corrected chi connectivity index (χ1v) is 12.4. The average molecular weight is 567 g/mol. The molecule has 31 heavy (non-hydrogen) atoms. The molecule has 160 valence electrons. The van der Waals surface area contributed by atoms with Crippen molar-refractivity contribution in [1.29, 1.82) is 0 Å². The molecule has 2 aromatic carbocycles. The number of carbonyl (C=O) groups excluding carboxylic acids is 3. The molecule has 2 bridgehead atoms. The largest absolute Gasteiger partial charge is 0.273 e. The molecule has 5 rings (SSSR count). The van der Waals surface area contributed by atoms with E-state index in [0.29, 0.717) is 10.6 Å². The number of carbonyl (C=O) groups is 3. The molecule has 8 heteroatoms. The fourth-order valence-electron chi connectivity index (χ4n) is 5.30. The van der Waals surface area contributed by atoms with Crippen LogP contribution in [0.5, 0.6) is 0 Å². The summed E-state index contributed by atoms with van der Waals surface area (Å²) in [5.74, 6) is -1.54. The molecule has 1 saturated heterocycles. The van der Waals surface area contributed by atoms with Gasteiger partial charge in [-0.05, 0) is 48.1 Å².